The molecular formula is C13H15BrN4O2. The Kier molecular flexibility index (Phi) is 4.17. The van der Waals surface area contributed by atoms with Gasteiger partial charge in [-0.05, 0) is 38.1 Å². The van der Waals surface area contributed by atoms with Crippen molar-refractivity contribution in [3.63, 3.8) is 0 Å². The summed E-state index contributed by atoms with van der Waals surface area (Å²) in [4.78, 5) is 12.9. The minimum Gasteiger partial charge on any atom is -0.459 e. The molecule has 0 atom stereocenters. The number of nitrogens with zero attached hydrogens (tertiary/aromatic N) is 4. The van der Waals surface area contributed by atoms with Crippen molar-refractivity contribution < 1.29 is 9.53 Å². The highest BCUT2D eigenvalue weighted by Gasteiger charge is 2.18. The monoisotopic (exact) mass is 338 g/mol. The fraction of sp³-hybridized carbons (Fsp3) is 0.385. The summed E-state index contributed by atoms with van der Waals surface area (Å²) in [5.41, 5.74) is 0.297. The predicted molar refractivity (Wildman–Crippen MR) is 76.8 cm³/mol. The summed E-state index contributed by atoms with van der Waals surface area (Å²) in [6.45, 7) is 5.37. The molecule has 20 heavy (non-hydrogen) atoms. The van der Waals surface area contributed by atoms with Crippen LogP contribution in [0.3, 0.4) is 0 Å². The third kappa shape index (κ3) is 3.86. The van der Waals surface area contributed by atoms with Gasteiger partial charge in [-0.15, -0.1) is 10.2 Å². The number of hydrogen-bond donors (Lipinski definition) is 0. The van der Waals surface area contributed by atoms with Crippen LogP contribution >= 0.6 is 15.9 Å². The van der Waals surface area contributed by atoms with E-state index in [0.29, 0.717) is 5.82 Å². The Morgan fingerprint density at radius 3 is 2.70 bits per heavy atom. The maximum absolute atomic E-state index is 11.7. The zero-order valence-electron chi connectivity index (χ0n) is 11.5. The number of halogens is 1. The highest BCUT2D eigenvalue weighted by atomic mass is 79.9. The molecule has 1 aromatic heterocycles. The molecule has 0 spiro atoms. The summed E-state index contributed by atoms with van der Waals surface area (Å²) in [5.74, 6) is 0.0645. The highest BCUT2D eigenvalue weighted by Crippen LogP contribution is 2.24. The normalized spacial score (nSPS) is 11.4. The largest absolute Gasteiger partial charge is 0.459 e. The van der Waals surface area contributed by atoms with Gasteiger partial charge in [0.2, 0.25) is 5.82 Å². The van der Waals surface area contributed by atoms with Crippen LogP contribution in [-0.4, -0.2) is 31.8 Å². The van der Waals surface area contributed by atoms with Crippen LogP contribution in [0, 0.1) is 0 Å². The van der Waals surface area contributed by atoms with Gasteiger partial charge in [-0.2, -0.15) is 4.80 Å². The van der Waals surface area contributed by atoms with Gasteiger partial charge in [-0.3, -0.25) is 0 Å². The highest BCUT2D eigenvalue weighted by molar-refractivity contribution is 9.10. The fourth-order valence-corrected chi connectivity index (χ4v) is 2.01. The lowest BCUT2D eigenvalue weighted by Gasteiger charge is -2.18. The lowest BCUT2D eigenvalue weighted by Crippen LogP contribution is -2.27. The average molecular weight is 339 g/mol. The Bertz CT molecular complexity index is 619. The number of rotatable bonds is 3. The first kappa shape index (κ1) is 14.6. The van der Waals surface area contributed by atoms with Gasteiger partial charge in [0.1, 0.15) is 5.60 Å². The molecule has 1 heterocycles. The Hall–Kier alpha value is -1.76. The fourth-order valence-electron chi connectivity index (χ4n) is 1.55. The van der Waals surface area contributed by atoms with Crippen LogP contribution in [0.5, 0.6) is 0 Å². The van der Waals surface area contributed by atoms with Gasteiger partial charge in [0.15, 0.2) is 6.54 Å². The molecule has 0 fully saturated rings. The molecule has 0 unspecified atom stereocenters. The molecule has 0 saturated carbocycles. The van der Waals surface area contributed by atoms with Crippen LogP contribution in [0.1, 0.15) is 20.8 Å². The Morgan fingerprint density at radius 2 is 2.05 bits per heavy atom. The van der Waals surface area contributed by atoms with Gasteiger partial charge >= 0.3 is 5.97 Å². The number of carbonyl (C=O) groups is 1. The van der Waals surface area contributed by atoms with Crippen molar-refractivity contribution in [3.05, 3.63) is 28.7 Å². The number of esters is 1. The summed E-state index contributed by atoms with van der Waals surface area (Å²) in [5, 5.41) is 12.0. The molecule has 0 aliphatic heterocycles. The van der Waals surface area contributed by atoms with Crippen molar-refractivity contribution in [1.82, 2.24) is 20.2 Å². The summed E-state index contributed by atoms with van der Waals surface area (Å²) in [6, 6.07) is 7.55. The molecule has 0 N–H and O–H groups in total. The van der Waals surface area contributed by atoms with E-state index in [-0.39, 0.29) is 6.54 Å². The molecule has 7 heteroatoms. The van der Waals surface area contributed by atoms with Crippen molar-refractivity contribution in [2.45, 2.75) is 32.9 Å². The van der Waals surface area contributed by atoms with Crippen molar-refractivity contribution >= 4 is 21.9 Å². The van der Waals surface area contributed by atoms with Crippen molar-refractivity contribution in [2.24, 2.45) is 0 Å². The maximum atomic E-state index is 11.7. The Balaban J connectivity index is 2.10. The number of hydrogen-bond acceptors (Lipinski definition) is 5. The standard InChI is InChI=1S/C13H15BrN4O2/c1-13(2,3)20-11(19)8-18-16-12(15-17-18)9-6-4-5-7-10(9)14/h4-7H,8H2,1-3H3. The third-order valence-corrected chi connectivity index (χ3v) is 2.95. The van der Waals surface area contributed by atoms with Crippen molar-refractivity contribution in [1.29, 1.82) is 0 Å². The summed E-state index contributed by atoms with van der Waals surface area (Å²) < 4.78 is 6.08. The van der Waals surface area contributed by atoms with Crippen LogP contribution in [0.4, 0.5) is 0 Å². The first-order valence-corrected chi connectivity index (χ1v) is 6.89. The maximum Gasteiger partial charge on any atom is 0.330 e. The quantitative estimate of drug-likeness (QED) is 0.804. The molecule has 2 rings (SSSR count). The van der Waals surface area contributed by atoms with Crippen molar-refractivity contribution in [3.8, 4) is 11.4 Å². The first-order valence-electron chi connectivity index (χ1n) is 6.10. The number of carbonyl (C=O) groups excluding carboxylic acids is 1. The zero-order chi connectivity index (χ0) is 14.8. The Morgan fingerprint density at radius 1 is 1.35 bits per heavy atom. The van der Waals surface area contributed by atoms with Gasteiger partial charge in [0, 0.05) is 10.0 Å². The molecule has 106 valence electrons. The lowest BCUT2D eigenvalue weighted by molar-refractivity contribution is -0.156. The third-order valence-electron chi connectivity index (χ3n) is 2.26. The molecule has 2 aromatic rings. The molecule has 0 aliphatic rings. The van der Waals surface area contributed by atoms with E-state index < -0.39 is 11.6 Å². The van der Waals surface area contributed by atoms with Crippen LogP contribution in [-0.2, 0) is 16.1 Å². The summed E-state index contributed by atoms with van der Waals surface area (Å²) in [6.07, 6.45) is 0. The molecule has 6 nitrogen and oxygen atoms in total. The summed E-state index contributed by atoms with van der Waals surface area (Å²) >= 11 is 3.42. The van der Waals surface area contributed by atoms with Gasteiger partial charge in [0.25, 0.3) is 0 Å². The number of tetrazole rings is 1. The molecular weight excluding hydrogens is 324 g/mol. The predicted octanol–water partition coefficient (Wildman–Crippen LogP) is 2.44. The van der Waals surface area contributed by atoms with E-state index in [1.807, 2.05) is 45.0 Å². The van der Waals surface area contributed by atoms with Crippen molar-refractivity contribution in [2.75, 3.05) is 0 Å². The second-order valence-corrected chi connectivity index (χ2v) is 6.06. The topological polar surface area (TPSA) is 69.9 Å². The van der Waals surface area contributed by atoms with Crippen LogP contribution in [0.2, 0.25) is 0 Å². The smallest absolute Gasteiger partial charge is 0.330 e. The SMILES string of the molecule is CC(C)(C)OC(=O)Cn1nnc(-c2ccccc2Br)n1. The van der Waals surface area contributed by atoms with Crippen LogP contribution < -0.4 is 0 Å². The van der Waals surface area contributed by atoms with E-state index in [2.05, 4.69) is 31.3 Å². The minimum atomic E-state index is -0.525. The van der Waals surface area contributed by atoms with Gasteiger partial charge in [-0.1, -0.05) is 28.1 Å². The van der Waals surface area contributed by atoms with Gasteiger partial charge in [-0.25, -0.2) is 4.79 Å². The number of ether oxygens (including phenoxy) is 1. The average Bonchev–Trinajstić information content (AvgIpc) is 2.75. The second-order valence-electron chi connectivity index (χ2n) is 5.21. The Labute approximate surface area is 125 Å². The van der Waals surface area contributed by atoms with E-state index in [4.69, 9.17) is 4.74 Å². The molecule has 0 radical (unpaired) electrons. The number of aromatic nitrogens is 4. The molecule has 0 amide bonds. The molecule has 0 bridgehead atoms. The summed E-state index contributed by atoms with van der Waals surface area (Å²) in [7, 11) is 0. The molecule has 1 aromatic carbocycles. The van der Waals surface area contributed by atoms with Gasteiger partial charge in [0.05, 0.1) is 0 Å². The van der Waals surface area contributed by atoms with E-state index in [1.54, 1.807) is 0 Å². The number of benzene rings is 1. The second kappa shape index (κ2) is 5.70. The van der Waals surface area contributed by atoms with Crippen LogP contribution in [0.25, 0.3) is 11.4 Å². The lowest BCUT2D eigenvalue weighted by atomic mass is 10.2. The molecule has 0 saturated heterocycles. The van der Waals surface area contributed by atoms with E-state index >= 15 is 0 Å². The first-order chi connectivity index (χ1) is 9.35. The van der Waals surface area contributed by atoms with Gasteiger partial charge < -0.3 is 4.74 Å². The van der Waals surface area contributed by atoms with Crippen LogP contribution in [0.15, 0.2) is 28.7 Å². The van der Waals surface area contributed by atoms with E-state index in [1.165, 1.54) is 4.80 Å². The minimum absolute atomic E-state index is 0.0608. The molecule has 0 aliphatic carbocycles. The van der Waals surface area contributed by atoms with E-state index in [9.17, 15) is 4.79 Å². The zero-order valence-corrected chi connectivity index (χ0v) is 13.1. The van der Waals surface area contributed by atoms with E-state index in [0.717, 1.165) is 10.0 Å².